The lowest BCUT2D eigenvalue weighted by atomic mass is 10.1. The van der Waals surface area contributed by atoms with Crippen LogP contribution in [0.4, 0.5) is 11.4 Å². The molecule has 1 fully saturated rings. The van der Waals surface area contributed by atoms with Crippen LogP contribution in [0.15, 0.2) is 12.1 Å². The standard InChI is InChI=1S/C13H16N2O3S/c14-8-5-10-11(18-7-17-10)6-9(8)15-13(16)12-3-1-2-4-19-12/h5-6,12H,1-4,7,14H2,(H,15,16). The highest BCUT2D eigenvalue weighted by molar-refractivity contribution is 8.00. The largest absolute Gasteiger partial charge is 0.454 e. The van der Waals surface area contributed by atoms with E-state index in [1.807, 2.05) is 0 Å². The number of carbonyl (C=O) groups is 1. The van der Waals surface area contributed by atoms with E-state index in [9.17, 15) is 4.79 Å². The van der Waals surface area contributed by atoms with Gasteiger partial charge < -0.3 is 20.5 Å². The summed E-state index contributed by atoms with van der Waals surface area (Å²) in [6.45, 7) is 0.199. The van der Waals surface area contributed by atoms with Crippen LogP contribution in [0, 0.1) is 0 Å². The number of amides is 1. The Morgan fingerprint density at radius 3 is 2.84 bits per heavy atom. The number of hydrogen-bond acceptors (Lipinski definition) is 5. The first-order chi connectivity index (χ1) is 9.24. The summed E-state index contributed by atoms with van der Waals surface area (Å²) in [5.41, 5.74) is 7.01. The lowest BCUT2D eigenvalue weighted by Crippen LogP contribution is -2.27. The fourth-order valence-corrected chi connectivity index (χ4v) is 3.43. The van der Waals surface area contributed by atoms with Crippen molar-refractivity contribution in [1.82, 2.24) is 0 Å². The zero-order valence-electron chi connectivity index (χ0n) is 10.5. The van der Waals surface area contributed by atoms with Gasteiger partial charge in [-0.1, -0.05) is 6.42 Å². The number of nitrogen functional groups attached to an aromatic ring is 1. The molecule has 2 aliphatic heterocycles. The van der Waals surface area contributed by atoms with E-state index in [1.54, 1.807) is 23.9 Å². The molecule has 1 saturated heterocycles. The number of fused-ring (bicyclic) bond motifs is 1. The summed E-state index contributed by atoms with van der Waals surface area (Å²) in [7, 11) is 0. The van der Waals surface area contributed by atoms with E-state index in [-0.39, 0.29) is 18.0 Å². The predicted octanol–water partition coefficient (Wildman–Crippen LogP) is 2.22. The lowest BCUT2D eigenvalue weighted by molar-refractivity contribution is -0.115. The van der Waals surface area contributed by atoms with Gasteiger partial charge in [0.1, 0.15) is 0 Å². The maximum atomic E-state index is 12.2. The first-order valence-corrected chi connectivity index (χ1v) is 7.40. The molecule has 1 aromatic rings. The normalized spacial score (nSPS) is 21.2. The molecular weight excluding hydrogens is 264 g/mol. The summed E-state index contributed by atoms with van der Waals surface area (Å²) in [5.74, 6) is 2.33. The smallest absolute Gasteiger partial charge is 0.237 e. The van der Waals surface area contributed by atoms with Crippen LogP contribution in [-0.4, -0.2) is 23.7 Å². The van der Waals surface area contributed by atoms with Crippen molar-refractivity contribution in [2.45, 2.75) is 24.5 Å². The van der Waals surface area contributed by atoms with Gasteiger partial charge in [-0.25, -0.2) is 0 Å². The molecule has 0 aliphatic carbocycles. The van der Waals surface area contributed by atoms with Gasteiger partial charge in [0.05, 0.1) is 16.6 Å². The molecule has 0 spiro atoms. The zero-order chi connectivity index (χ0) is 13.2. The van der Waals surface area contributed by atoms with Crippen LogP contribution in [-0.2, 0) is 4.79 Å². The van der Waals surface area contributed by atoms with Gasteiger partial charge >= 0.3 is 0 Å². The molecule has 0 aromatic heterocycles. The van der Waals surface area contributed by atoms with Crippen LogP contribution in [0.1, 0.15) is 19.3 Å². The monoisotopic (exact) mass is 280 g/mol. The van der Waals surface area contributed by atoms with Crippen LogP contribution in [0.5, 0.6) is 11.5 Å². The van der Waals surface area contributed by atoms with Crippen LogP contribution in [0.2, 0.25) is 0 Å². The number of nitrogens with two attached hydrogens (primary N) is 1. The number of ether oxygens (including phenoxy) is 2. The molecule has 1 atom stereocenters. The van der Waals surface area contributed by atoms with Crippen molar-refractivity contribution in [3.8, 4) is 11.5 Å². The first kappa shape index (κ1) is 12.5. The number of carbonyl (C=O) groups excluding carboxylic acids is 1. The van der Waals surface area contributed by atoms with Crippen LogP contribution < -0.4 is 20.5 Å². The fraction of sp³-hybridized carbons (Fsp3) is 0.462. The number of hydrogen-bond donors (Lipinski definition) is 2. The molecule has 1 unspecified atom stereocenters. The van der Waals surface area contributed by atoms with Crippen molar-refractivity contribution in [3.05, 3.63) is 12.1 Å². The number of nitrogens with one attached hydrogen (secondary N) is 1. The topological polar surface area (TPSA) is 73.6 Å². The van der Waals surface area contributed by atoms with E-state index in [1.165, 1.54) is 6.42 Å². The Hall–Kier alpha value is -1.56. The molecule has 2 aliphatic rings. The van der Waals surface area contributed by atoms with Gasteiger partial charge in [0.25, 0.3) is 0 Å². The Kier molecular flexibility index (Phi) is 3.42. The molecule has 6 heteroatoms. The highest BCUT2D eigenvalue weighted by Gasteiger charge is 2.23. The number of thioether (sulfide) groups is 1. The highest BCUT2D eigenvalue weighted by atomic mass is 32.2. The van der Waals surface area contributed by atoms with E-state index in [2.05, 4.69) is 5.32 Å². The molecule has 5 nitrogen and oxygen atoms in total. The minimum Gasteiger partial charge on any atom is -0.454 e. The quantitative estimate of drug-likeness (QED) is 0.813. The van der Waals surface area contributed by atoms with Crippen molar-refractivity contribution in [3.63, 3.8) is 0 Å². The Balaban J connectivity index is 1.74. The molecule has 0 radical (unpaired) electrons. The van der Waals surface area contributed by atoms with Crippen molar-refractivity contribution >= 4 is 29.0 Å². The molecule has 1 aromatic carbocycles. The van der Waals surface area contributed by atoms with E-state index in [0.717, 1.165) is 18.6 Å². The third-order valence-corrected chi connectivity index (χ3v) is 4.65. The van der Waals surface area contributed by atoms with Crippen LogP contribution in [0.25, 0.3) is 0 Å². The molecule has 102 valence electrons. The van der Waals surface area contributed by atoms with Crippen molar-refractivity contribution in [2.75, 3.05) is 23.6 Å². The van der Waals surface area contributed by atoms with Gasteiger partial charge in [-0.15, -0.1) is 11.8 Å². The second-order valence-electron chi connectivity index (χ2n) is 4.64. The third kappa shape index (κ3) is 2.58. The summed E-state index contributed by atoms with van der Waals surface area (Å²) in [5, 5.41) is 2.92. The molecule has 2 heterocycles. The summed E-state index contributed by atoms with van der Waals surface area (Å²) in [6, 6.07) is 3.41. The Morgan fingerprint density at radius 1 is 1.32 bits per heavy atom. The van der Waals surface area contributed by atoms with Crippen LogP contribution >= 0.6 is 11.8 Å². The minimum atomic E-state index is 0.0234. The average Bonchev–Trinajstić information content (AvgIpc) is 2.87. The number of anilines is 2. The molecule has 3 rings (SSSR count). The molecule has 0 bridgehead atoms. The molecular formula is C13H16N2O3S. The second-order valence-corrected chi connectivity index (χ2v) is 5.95. The van der Waals surface area contributed by atoms with Gasteiger partial charge in [0.2, 0.25) is 12.7 Å². The fourth-order valence-electron chi connectivity index (χ4n) is 2.23. The van der Waals surface area contributed by atoms with Gasteiger partial charge in [0.15, 0.2) is 11.5 Å². The number of rotatable bonds is 2. The molecule has 3 N–H and O–H groups in total. The maximum absolute atomic E-state index is 12.2. The van der Waals surface area contributed by atoms with Crippen molar-refractivity contribution in [2.24, 2.45) is 0 Å². The summed E-state index contributed by atoms with van der Waals surface area (Å²) >= 11 is 1.71. The van der Waals surface area contributed by atoms with E-state index >= 15 is 0 Å². The van der Waals surface area contributed by atoms with Gasteiger partial charge in [-0.2, -0.15) is 0 Å². The van der Waals surface area contributed by atoms with Crippen LogP contribution in [0.3, 0.4) is 0 Å². The highest BCUT2D eigenvalue weighted by Crippen LogP contribution is 2.38. The summed E-state index contributed by atoms with van der Waals surface area (Å²) in [6.07, 6.45) is 3.24. The van der Waals surface area contributed by atoms with E-state index in [4.69, 9.17) is 15.2 Å². The zero-order valence-corrected chi connectivity index (χ0v) is 11.3. The Labute approximate surface area is 115 Å². The van der Waals surface area contributed by atoms with Crippen molar-refractivity contribution in [1.29, 1.82) is 0 Å². The van der Waals surface area contributed by atoms with Gasteiger partial charge in [0, 0.05) is 12.1 Å². The first-order valence-electron chi connectivity index (χ1n) is 6.35. The maximum Gasteiger partial charge on any atom is 0.237 e. The minimum absolute atomic E-state index is 0.0234. The third-order valence-electron chi connectivity index (χ3n) is 3.27. The predicted molar refractivity (Wildman–Crippen MR) is 75.7 cm³/mol. The summed E-state index contributed by atoms with van der Waals surface area (Å²) in [4.78, 5) is 12.2. The average molecular weight is 280 g/mol. The Morgan fingerprint density at radius 2 is 2.11 bits per heavy atom. The summed E-state index contributed by atoms with van der Waals surface area (Å²) < 4.78 is 10.5. The Bertz CT molecular complexity index is 501. The molecule has 0 saturated carbocycles. The van der Waals surface area contributed by atoms with E-state index in [0.29, 0.717) is 22.9 Å². The lowest BCUT2D eigenvalue weighted by Gasteiger charge is -2.20. The number of benzene rings is 1. The molecule has 19 heavy (non-hydrogen) atoms. The second kappa shape index (κ2) is 5.21. The van der Waals surface area contributed by atoms with E-state index < -0.39 is 0 Å². The van der Waals surface area contributed by atoms with Gasteiger partial charge in [-0.3, -0.25) is 4.79 Å². The molecule has 1 amide bonds. The van der Waals surface area contributed by atoms with Gasteiger partial charge in [-0.05, 0) is 18.6 Å². The SMILES string of the molecule is Nc1cc2c(cc1NC(=O)C1CCCCS1)OCO2. The van der Waals surface area contributed by atoms with Crippen molar-refractivity contribution < 1.29 is 14.3 Å².